The number of carbonyl (C=O) groups is 1. The van der Waals surface area contributed by atoms with Crippen LogP contribution in [0, 0.1) is 0 Å². The molecule has 0 aliphatic carbocycles. The van der Waals surface area contributed by atoms with Crippen LogP contribution in [0.15, 0.2) is 17.5 Å². The van der Waals surface area contributed by atoms with Gasteiger partial charge in [0.05, 0.1) is 19.3 Å². The molecule has 19 heavy (non-hydrogen) atoms. The van der Waals surface area contributed by atoms with Gasteiger partial charge in [-0.05, 0) is 24.9 Å². The number of nitrogens with zero attached hydrogens (tertiary/aromatic N) is 2. The van der Waals surface area contributed by atoms with Gasteiger partial charge in [0.25, 0.3) is 0 Å². The van der Waals surface area contributed by atoms with Gasteiger partial charge in [-0.1, -0.05) is 13.0 Å². The van der Waals surface area contributed by atoms with Crippen LogP contribution in [-0.4, -0.2) is 54.6 Å². The topological polar surface area (TPSA) is 32.8 Å². The zero-order chi connectivity index (χ0) is 13.7. The summed E-state index contributed by atoms with van der Waals surface area (Å²) in [6, 6.07) is 4.17. The fourth-order valence-corrected chi connectivity index (χ4v) is 2.98. The van der Waals surface area contributed by atoms with Gasteiger partial charge in [0.2, 0.25) is 5.91 Å². The van der Waals surface area contributed by atoms with E-state index in [0.29, 0.717) is 13.2 Å². The maximum atomic E-state index is 12.3. The Morgan fingerprint density at radius 2 is 2.47 bits per heavy atom. The summed E-state index contributed by atoms with van der Waals surface area (Å²) in [6.07, 6.45) is 0.157. The zero-order valence-electron chi connectivity index (χ0n) is 11.7. The van der Waals surface area contributed by atoms with Gasteiger partial charge in [-0.15, -0.1) is 11.3 Å². The number of hydrogen-bond donors (Lipinski definition) is 0. The molecule has 0 bridgehead atoms. The second-order valence-electron chi connectivity index (χ2n) is 4.90. The average Bonchev–Trinajstić information content (AvgIpc) is 2.90. The van der Waals surface area contributed by atoms with Gasteiger partial charge in [0.1, 0.15) is 0 Å². The van der Waals surface area contributed by atoms with Gasteiger partial charge >= 0.3 is 0 Å². The van der Waals surface area contributed by atoms with Crippen molar-refractivity contribution < 1.29 is 9.53 Å². The first kappa shape index (κ1) is 14.5. The number of hydrogen-bond acceptors (Lipinski definition) is 4. The van der Waals surface area contributed by atoms with Gasteiger partial charge in [0.15, 0.2) is 0 Å². The summed E-state index contributed by atoms with van der Waals surface area (Å²) in [5, 5.41) is 2.08. The lowest BCUT2D eigenvalue weighted by Crippen LogP contribution is -2.48. The Morgan fingerprint density at radius 3 is 3.11 bits per heavy atom. The van der Waals surface area contributed by atoms with Crippen LogP contribution < -0.4 is 0 Å². The molecule has 1 amide bonds. The van der Waals surface area contributed by atoms with Crippen LogP contribution in [0.3, 0.4) is 0 Å². The first-order chi connectivity index (χ1) is 9.19. The second kappa shape index (κ2) is 7.03. The monoisotopic (exact) mass is 282 g/mol. The molecular weight excluding hydrogens is 260 g/mol. The van der Waals surface area contributed by atoms with E-state index in [1.54, 1.807) is 11.3 Å². The molecule has 0 unspecified atom stereocenters. The van der Waals surface area contributed by atoms with Crippen molar-refractivity contribution in [1.82, 2.24) is 9.80 Å². The molecule has 0 N–H and O–H groups in total. The zero-order valence-corrected chi connectivity index (χ0v) is 12.5. The van der Waals surface area contributed by atoms with Gasteiger partial charge in [-0.25, -0.2) is 0 Å². The molecule has 1 aromatic rings. The maximum Gasteiger partial charge on any atom is 0.236 e. The first-order valence-electron chi connectivity index (χ1n) is 6.83. The molecule has 2 heterocycles. The number of thiophene rings is 1. The predicted molar refractivity (Wildman–Crippen MR) is 77.3 cm³/mol. The molecule has 1 aromatic heterocycles. The fourth-order valence-electron chi connectivity index (χ4n) is 2.24. The molecule has 1 aliphatic rings. The third-order valence-corrected chi connectivity index (χ3v) is 4.22. The van der Waals surface area contributed by atoms with Crippen molar-refractivity contribution in [2.75, 3.05) is 32.8 Å². The maximum absolute atomic E-state index is 12.3. The summed E-state index contributed by atoms with van der Waals surface area (Å²) < 4.78 is 5.47. The third-order valence-electron chi connectivity index (χ3n) is 3.36. The highest BCUT2D eigenvalue weighted by Crippen LogP contribution is 2.12. The highest BCUT2D eigenvalue weighted by molar-refractivity contribution is 7.09. The van der Waals surface area contributed by atoms with Crippen molar-refractivity contribution in [2.24, 2.45) is 0 Å². The van der Waals surface area contributed by atoms with E-state index in [4.69, 9.17) is 4.74 Å². The van der Waals surface area contributed by atoms with Gasteiger partial charge in [-0.3, -0.25) is 9.69 Å². The van der Waals surface area contributed by atoms with E-state index in [1.807, 2.05) is 11.8 Å². The van der Waals surface area contributed by atoms with E-state index in [1.165, 1.54) is 4.88 Å². The smallest absolute Gasteiger partial charge is 0.236 e. The Kier molecular flexibility index (Phi) is 5.36. The van der Waals surface area contributed by atoms with Crippen molar-refractivity contribution in [2.45, 2.75) is 26.5 Å². The Labute approximate surface area is 119 Å². The van der Waals surface area contributed by atoms with Gasteiger partial charge < -0.3 is 9.64 Å². The number of likely N-dealkylation sites (N-methyl/N-ethyl adjacent to an activating group) is 1. The molecule has 0 radical (unpaired) electrons. The summed E-state index contributed by atoms with van der Waals surface area (Å²) in [5.74, 6) is 0.216. The Bertz CT molecular complexity index is 394. The summed E-state index contributed by atoms with van der Waals surface area (Å²) >= 11 is 1.74. The van der Waals surface area contributed by atoms with Crippen molar-refractivity contribution in [3.63, 3.8) is 0 Å². The molecule has 5 heteroatoms. The number of morpholine rings is 1. The minimum absolute atomic E-state index is 0.157. The van der Waals surface area contributed by atoms with Crippen molar-refractivity contribution in [3.05, 3.63) is 22.4 Å². The largest absolute Gasteiger partial charge is 0.375 e. The minimum Gasteiger partial charge on any atom is -0.375 e. The normalized spacial score (nSPS) is 19.9. The van der Waals surface area contributed by atoms with Crippen LogP contribution in [-0.2, 0) is 16.1 Å². The van der Waals surface area contributed by atoms with Crippen molar-refractivity contribution in [3.8, 4) is 0 Å². The number of ether oxygens (including phenoxy) is 1. The average molecular weight is 282 g/mol. The standard InChI is InChI=1S/C14H22N2O2S/c1-3-15(10-13-5-4-8-19-13)11-14(17)16-6-7-18-12(2)9-16/h4-5,8,12H,3,6-7,9-11H2,1-2H3/t12-/m1/s1. The van der Waals surface area contributed by atoms with Crippen LogP contribution in [0.25, 0.3) is 0 Å². The lowest BCUT2D eigenvalue weighted by Gasteiger charge is -2.32. The number of carbonyl (C=O) groups excluding carboxylic acids is 1. The molecule has 0 saturated carbocycles. The molecule has 1 saturated heterocycles. The fraction of sp³-hybridized carbons (Fsp3) is 0.643. The highest BCUT2D eigenvalue weighted by atomic mass is 32.1. The van der Waals surface area contributed by atoms with E-state index in [0.717, 1.165) is 26.2 Å². The molecule has 106 valence electrons. The highest BCUT2D eigenvalue weighted by Gasteiger charge is 2.22. The van der Waals surface area contributed by atoms with Crippen LogP contribution in [0.4, 0.5) is 0 Å². The Hall–Kier alpha value is -0.910. The van der Waals surface area contributed by atoms with Crippen LogP contribution >= 0.6 is 11.3 Å². The molecular formula is C14H22N2O2S. The lowest BCUT2D eigenvalue weighted by atomic mass is 10.3. The lowest BCUT2D eigenvalue weighted by molar-refractivity contribution is -0.139. The molecule has 1 aliphatic heterocycles. The molecule has 1 atom stereocenters. The minimum atomic E-state index is 0.157. The number of rotatable bonds is 5. The molecule has 4 nitrogen and oxygen atoms in total. The summed E-state index contributed by atoms with van der Waals surface area (Å²) in [5.41, 5.74) is 0. The summed E-state index contributed by atoms with van der Waals surface area (Å²) in [6.45, 7) is 8.47. The van der Waals surface area contributed by atoms with Gasteiger partial charge in [-0.2, -0.15) is 0 Å². The summed E-state index contributed by atoms with van der Waals surface area (Å²) in [7, 11) is 0. The number of amides is 1. The first-order valence-corrected chi connectivity index (χ1v) is 7.71. The van der Waals surface area contributed by atoms with E-state index in [9.17, 15) is 4.79 Å². The SMILES string of the molecule is CCN(CC(=O)N1CCO[C@H](C)C1)Cc1cccs1. The molecule has 0 aromatic carbocycles. The summed E-state index contributed by atoms with van der Waals surface area (Å²) in [4.78, 5) is 17.7. The van der Waals surface area contributed by atoms with E-state index >= 15 is 0 Å². The van der Waals surface area contributed by atoms with Gasteiger partial charge in [0, 0.05) is 24.5 Å². The quantitative estimate of drug-likeness (QED) is 0.826. The molecule has 2 rings (SSSR count). The van der Waals surface area contributed by atoms with E-state index in [2.05, 4.69) is 29.3 Å². The van der Waals surface area contributed by atoms with Crippen LogP contribution in [0.2, 0.25) is 0 Å². The Morgan fingerprint density at radius 1 is 1.63 bits per heavy atom. The van der Waals surface area contributed by atoms with E-state index in [-0.39, 0.29) is 12.0 Å². The molecule has 0 spiro atoms. The van der Waals surface area contributed by atoms with Crippen LogP contribution in [0.1, 0.15) is 18.7 Å². The second-order valence-corrected chi connectivity index (χ2v) is 5.94. The van der Waals surface area contributed by atoms with Crippen molar-refractivity contribution >= 4 is 17.2 Å². The van der Waals surface area contributed by atoms with E-state index < -0.39 is 0 Å². The Balaban J connectivity index is 1.85. The van der Waals surface area contributed by atoms with Crippen LogP contribution in [0.5, 0.6) is 0 Å². The van der Waals surface area contributed by atoms with Crippen molar-refractivity contribution in [1.29, 1.82) is 0 Å². The third kappa shape index (κ3) is 4.30. The molecule has 1 fully saturated rings. The predicted octanol–water partition coefficient (Wildman–Crippen LogP) is 1.82.